The number of aliphatic hydroxyl groups is 1. The number of pyridine rings is 1. The fourth-order valence-electron chi connectivity index (χ4n) is 2.82. The summed E-state index contributed by atoms with van der Waals surface area (Å²) >= 11 is 0. The van der Waals surface area contributed by atoms with Crippen LogP contribution >= 0.6 is 0 Å². The maximum absolute atomic E-state index is 12.5. The Morgan fingerprint density at radius 1 is 1.09 bits per heavy atom. The second-order valence-corrected chi connectivity index (χ2v) is 5.65. The van der Waals surface area contributed by atoms with E-state index in [2.05, 4.69) is 4.98 Å². The van der Waals surface area contributed by atoms with Gasteiger partial charge in [-0.1, -0.05) is 48.5 Å². The lowest BCUT2D eigenvalue weighted by molar-refractivity contribution is 0.301. The molecule has 1 aromatic heterocycles. The van der Waals surface area contributed by atoms with Crippen molar-refractivity contribution >= 4 is 16.6 Å². The van der Waals surface area contributed by atoms with Crippen LogP contribution in [0, 0.1) is 6.92 Å². The molecule has 0 bridgehead atoms. The van der Waals surface area contributed by atoms with Gasteiger partial charge in [0.25, 0.3) is 5.56 Å². The highest BCUT2D eigenvalue weighted by Gasteiger charge is 2.12. The molecule has 0 aliphatic rings. The van der Waals surface area contributed by atoms with E-state index >= 15 is 0 Å². The molecule has 0 aliphatic heterocycles. The molecular formula is C19H20N2O2. The van der Waals surface area contributed by atoms with E-state index in [0.29, 0.717) is 18.8 Å². The zero-order valence-corrected chi connectivity index (χ0v) is 13.1. The fraction of sp³-hybridized carbons (Fsp3) is 0.211. The summed E-state index contributed by atoms with van der Waals surface area (Å²) in [4.78, 5) is 17.4. The van der Waals surface area contributed by atoms with Gasteiger partial charge in [-0.3, -0.25) is 4.79 Å². The SMILES string of the molecule is Cc1cccc2cc(N(CCO)Cc3ccccc3)c(=O)[nH]c12. The smallest absolute Gasteiger partial charge is 0.272 e. The fourth-order valence-corrected chi connectivity index (χ4v) is 2.82. The molecule has 0 fully saturated rings. The Labute approximate surface area is 135 Å². The summed E-state index contributed by atoms with van der Waals surface area (Å²) in [6, 6.07) is 17.8. The van der Waals surface area contributed by atoms with Crippen LogP contribution in [0.4, 0.5) is 5.69 Å². The molecular weight excluding hydrogens is 288 g/mol. The maximum Gasteiger partial charge on any atom is 0.272 e. The summed E-state index contributed by atoms with van der Waals surface area (Å²) in [7, 11) is 0. The molecule has 0 saturated carbocycles. The van der Waals surface area contributed by atoms with Crippen LogP contribution in [-0.2, 0) is 6.54 Å². The molecule has 4 heteroatoms. The summed E-state index contributed by atoms with van der Waals surface area (Å²) in [6.07, 6.45) is 0. The second kappa shape index (κ2) is 6.67. The van der Waals surface area contributed by atoms with Crippen molar-refractivity contribution in [2.45, 2.75) is 13.5 Å². The van der Waals surface area contributed by atoms with Crippen molar-refractivity contribution in [2.24, 2.45) is 0 Å². The summed E-state index contributed by atoms with van der Waals surface area (Å²) in [5.41, 5.74) is 3.47. The number of aryl methyl sites for hydroxylation is 1. The summed E-state index contributed by atoms with van der Waals surface area (Å²) in [5.74, 6) is 0. The summed E-state index contributed by atoms with van der Waals surface area (Å²) in [6.45, 7) is 2.97. The van der Waals surface area contributed by atoms with Crippen LogP contribution in [0.15, 0.2) is 59.4 Å². The Morgan fingerprint density at radius 3 is 2.61 bits per heavy atom. The van der Waals surface area contributed by atoms with E-state index in [-0.39, 0.29) is 12.2 Å². The van der Waals surface area contributed by atoms with Gasteiger partial charge in [0.05, 0.1) is 12.1 Å². The minimum Gasteiger partial charge on any atom is -0.395 e. The molecule has 0 amide bonds. The first-order valence-electron chi connectivity index (χ1n) is 7.71. The molecule has 2 aromatic carbocycles. The van der Waals surface area contributed by atoms with Crippen molar-refractivity contribution < 1.29 is 5.11 Å². The third-order valence-electron chi connectivity index (χ3n) is 4.00. The Morgan fingerprint density at radius 2 is 1.87 bits per heavy atom. The first-order chi connectivity index (χ1) is 11.2. The molecule has 3 rings (SSSR count). The molecule has 0 atom stereocenters. The normalized spacial score (nSPS) is 10.9. The number of nitrogens with one attached hydrogen (secondary N) is 1. The lowest BCUT2D eigenvalue weighted by Crippen LogP contribution is -2.31. The summed E-state index contributed by atoms with van der Waals surface area (Å²) in [5, 5.41) is 10.4. The number of aromatic nitrogens is 1. The highest BCUT2D eigenvalue weighted by Crippen LogP contribution is 2.20. The van der Waals surface area contributed by atoms with Gasteiger partial charge in [0.1, 0.15) is 5.69 Å². The number of rotatable bonds is 5. The molecule has 0 saturated heterocycles. The van der Waals surface area contributed by atoms with Crippen LogP contribution in [0.3, 0.4) is 0 Å². The highest BCUT2D eigenvalue weighted by molar-refractivity contribution is 5.84. The summed E-state index contributed by atoms with van der Waals surface area (Å²) < 4.78 is 0. The van der Waals surface area contributed by atoms with E-state index in [9.17, 15) is 9.90 Å². The number of benzene rings is 2. The van der Waals surface area contributed by atoms with Gasteiger partial charge >= 0.3 is 0 Å². The van der Waals surface area contributed by atoms with Crippen molar-refractivity contribution in [2.75, 3.05) is 18.1 Å². The van der Waals surface area contributed by atoms with Crippen LogP contribution in [0.1, 0.15) is 11.1 Å². The number of hydrogen-bond donors (Lipinski definition) is 2. The number of H-pyrrole nitrogens is 1. The standard InChI is InChI=1S/C19H20N2O2/c1-14-6-5-9-16-12-17(19(23)20-18(14)16)21(10-11-22)13-15-7-3-2-4-8-15/h2-9,12,22H,10-11,13H2,1H3,(H,20,23). The Kier molecular flexibility index (Phi) is 4.44. The number of nitrogens with zero attached hydrogens (tertiary/aromatic N) is 1. The van der Waals surface area contributed by atoms with E-state index in [4.69, 9.17) is 0 Å². The molecule has 23 heavy (non-hydrogen) atoms. The minimum absolute atomic E-state index is 0.00186. The predicted molar refractivity (Wildman–Crippen MR) is 93.9 cm³/mol. The Balaban J connectivity index is 2.04. The van der Waals surface area contributed by atoms with Gasteiger partial charge in [-0.2, -0.15) is 0 Å². The molecule has 0 unspecified atom stereocenters. The highest BCUT2D eigenvalue weighted by atomic mass is 16.3. The third-order valence-corrected chi connectivity index (χ3v) is 4.00. The molecule has 118 valence electrons. The molecule has 0 spiro atoms. The Bertz CT molecular complexity index is 856. The van der Waals surface area contributed by atoms with Gasteiger partial charge in [-0.05, 0) is 24.1 Å². The van der Waals surface area contributed by atoms with Crippen LogP contribution in [-0.4, -0.2) is 23.2 Å². The van der Waals surface area contributed by atoms with Gasteiger partial charge in [0.2, 0.25) is 0 Å². The van der Waals surface area contributed by atoms with Gasteiger partial charge in [-0.25, -0.2) is 0 Å². The largest absolute Gasteiger partial charge is 0.395 e. The minimum atomic E-state index is -0.129. The number of hydrogen-bond acceptors (Lipinski definition) is 3. The zero-order chi connectivity index (χ0) is 16.2. The molecule has 4 nitrogen and oxygen atoms in total. The number of aliphatic hydroxyl groups excluding tert-OH is 1. The Hall–Kier alpha value is -2.59. The molecule has 3 aromatic rings. The van der Waals surface area contributed by atoms with Crippen molar-refractivity contribution in [1.29, 1.82) is 0 Å². The van der Waals surface area contributed by atoms with Gasteiger partial charge in [-0.15, -0.1) is 0 Å². The predicted octanol–water partition coefficient (Wildman–Crippen LogP) is 2.84. The number of para-hydroxylation sites is 1. The quantitative estimate of drug-likeness (QED) is 0.762. The second-order valence-electron chi connectivity index (χ2n) is 5.65. The van der Waals surface area contributed by atoms with Crippen molar-refractivity contribution in [3.8, 4) is 0 Å². The van der Waals surface area contributed by atoms with E-state index in [1.54, 1.807) is 0 Å². The third kappa shape index (κ3) is 3.27. The lowest BCUT2D eigenvalue weighted by atomic mass is 10.1. The molecule has 0 radical (unpaired) electrons. The molecule has 1 heterocycles. The first-order valence-corrected chi connectivity index (χ1v) is 7.71. The zero-order valence-electron chi connectivity index (χ0n) is 13.1. The number of aromatic amines is 1. The average molecular weight is 308 g/mol. The maximum atomic E-state index is 12.5. The molecule has 0 aliphatic carbocycles. The van der Waals surface area contributed by atoms with Crippen LogP contribution < -0.4 is 10.5 Å². The first kappa shape index (κ1) is 15.3. The van der Waals surface area contributed by atoms with Crippen molar-refractivity contribution in [1.82, 2.24) is 4.98 Å². The monoisotopic (exact) mass is 308 g/mol. The van der Waals surface area contributed by atoms with E-state index in [0.717, 1.165) is 22.0 Å². The van der Waals surface area contributed by atoms with Crippen LogP contribution in [0.2, 0.25) is 0 Å². The van der Waals surface area contributed by atoms with Crippen molar-refractivity contribution in [3.05, 3.63) is 76.1 Å². The molecule has 2 N–H and O–H groups in total. The van der Waals surface area contributed by atoms with Gasteiger partial charge in [0, 0.05) is 18.5 Å². The topological polar surface area (TPSA) is 56.3 Å². The lowest BCUT2D eigenvalue weighted by Gasteiger charge is -2.23. The van der Waals surface area contributed by atoms with E-state index < -0.39 is 0 Å². The van der Waals surface area contributed by atoms with E-state index in [1.807, 2.05) is 66.4 Å². The van der Waals surface area contributed by atoms with Gasteiger partial charge in [0.15, 0.2) is 0 Å². The number of anilines is 1. The average Bonchev–Trinajstić information content (AvgIpc) is 2.56. The van der Waals surface area contributed by atoms with Crippen LogP contribution in [0.25, 0.3) is 10.9 Å². The van der Waals surface area contributed by atoms with Crippen LogP contribution in [0.5, 0.6) is 0 Å². The van der Waals surface area contributed by atoms with Gasteiger partial charge < -0.3 is 15.0 Å². The van der Waals surface area contributed by atoms with E-state index in [1.165, 1.54) is 0 Å². The number of fused-ring (bicyclic) bond motifs is 1. The van der Waals surface area contributed by atoms with Crippen molar-refractivity contribution in [3.63, 3.8) is 0 Å².